The number of rotatable bonds is 2. The third-order valence-corrected chi connectivity index (χ3v) is 2.57. The van der Waals surface area contributed by atoms with E-state index >= 15 is 0 Å². The molecule has 0 amide bonds. The Bertz CT molecular complexity index is 605. The summed E-state index contributed by atoms with van der Waals surface area (Å²) in [5.41, 5.74) is 1.45. The van der Waals surface area contributed by atoms with E-state index in [2.05, 4.69) is 42.1 Å². The number of para-hydroxylation sites is 1. The smallest absolute Gasteiger partial charge is 0.137 e. The average molecular weight is 240 g/mol. The van der Waals surface area contributed by atoms with E-state index in [-0.39, 0.29) is 5.41 Å². The topological polar surface area (TPSA) is 61.6 Å². The van der Waals surface area contributed by atoms with Crippen molar-refractivity contribution in [1.82, 2.24) is 9.97 Å². The van der Waals surface area contributed by atoms with Gasteiger partial charge in [-0.15, -0.1) is 0 Å². The number of anilines is 1. The summed E-state index contributed by atoms with van der Waals surface area (Å²) in [5, 5.41) is 13.3. The fraction of sp³-hybridized carbons (Fsp3) is 0.357. The van der Waals surface area contributed by atoms with E-state index in [1.54, 1.807) is 6.07 Å². The first kappa shape index (κ1) is 12.3. The van der Waals surface area contributed by atoms with Gasteiger partial charge in [0.2, 0.25) is 0 Å². The molecule has 1 aromatic carbocycles. The van der Waals surface area contributed by atoms with Crippen LogP contribution in [0.4, 0.5) is 5.82 Å². The van der Waals surface area contributed by atoms with Gasteiger partial charge in [-0.3, -0.25) is 0 Å². The zero-order valence-electron chi connectivity index (χ0n) is 10.9. The van der Waals surface area contributed by atoms with Gasteiger partial charge in [0.15, 0.2) is 0 Å². The van der Waals surface area contributed by atoms with Crippen molar-refractivity contribution in [2.75, 3.05) is 11.9 Å². The molecule has 0 radical (unpaired) electrons. The Kier molecular flexibility index (Phi) is 3.15. The van der Waals surface area contributed by atoms with Crippen molar-refractivity contribution in [1.29, 1.82) is 5.26 Å². The number of hydrogen-bond acceptors (Lipinski definition) is 4. The molecule has 0 saturated carbocycles. The van der Waals surface area contributed by atoms with E-state index in [9.17, 15) is 0 Å². The van der Waals surface area contributed by atoms with Crippen LogP contribution in [-0.2, 0) is 0 Å². The second-order valence-electron chi connectivity index (χ2n) is 5.45. The molecule has 1 heterocycles. The molecule has 0 fully saturated rings. The lowest BCUT2D eigenvalue weighted by Gasteiger charge is -2.19. The first-order valence-electron chi connectivity index (χ1n) is 5.89. The van der Waals surface area contributed by atoms with Crippen LogP contribution in [0.2, 0.25) is 0 Å². The van der Waals surface area contributed by atoms with Gasteiger partial charge >= 0.3 is 0 Å². The highest BCUT2D eigenvalue weighted by Crippen LogP contribution is 2.23. The Balaban J connectivity index is 2.44. The molecular formula is C14H16N4. The van der Waals surface area contributed by atoms with Crippen molar-refractivity contribution in [2.24, 2.45) is 5.41 Å². The molecule has 0 aliphatic heterocycles. The second-order valence-corrected chi connectivity index (χ2v) is 5.45. The van der Waals surface area contributed by atoms with Crippen molar-refractivity contribution >= 4 is 16.7 Å². The monoisotopic (exact) mass is 240 g/mol. The highest BCUT2D eigenvalue weighted by Gasteiger charge is 2.12. The number of aromatic nitrogens is 2. The molecule has 0 unspecified atom stereocenters. The molecule has 1 aromatic heterocycles. The lowest BCUT2D eigenvalue weighted by molar-refractivity contribution is 0.442. The van der Waals surface area contributed by atoms with Crippen molar-refractivity contribution in [3.63, 3.8) is 0 Å². The van der Waals surface area contributed by atoms with Crippen molar-refractivity contribution in [3.8, 4) is 6.07 Å². The van der Waals surface area contributed by atoms with E-state index in [0.29, 0.717) is 11.1 Å². The molecule has 0 aliphatic carbocycles. The minimum atomic E-state index is 0.171. The molecule has 4 heteroatoms. The summed E-state index contributed by atoms with van der Waals surface area (Å²) >= 11 is 0. The van der Waals surface area contributed by atoms with Crippen molar-refractivity contribution in [2.45, 2.75) is 20.8 Å². The molecule has 0 saturated heterocycles. The summed E-state index contributed by atoms with van der Waals surface area (Å²) in [7, 11) is 0. The summed E-state index contributed by atoms with van der Waals surface area (Å²) in [6.45, 7) is 7.29. The predicted octanol–water partition coefficient (Wildman–Crippen LogP) is 2.96. The summed E-state index contributed by atoms with van der Waals surface area (Å²) in [6, 6.07) is 7.70. The highest BCUT2D eigenvalue weighted by atomic mass is 15.0. The van der Waals surface area contributed by atoms with Gasteiger partial charge < -0.3 is 5.32 Å². The van der Waals surface area contributed by atoms with E-state index in [1.807, 2.05) is 12.1 Å². The summed E-state index contributed by atoms with van der Waals surface area (Å²) in [4.78, 5) is 8.44. The Morgan fingerprint density at radius 3 is 2.72 bits per heavy atom. The maximum Gasteiger partial charge on any atom is 0.137 e. The molecule has 0 aliphatic rings. The molecule has 0 atom stereocenters. The number of nitriles is 1. The molecule has 2 rings (SSSR count). The molecule has 4 nitrogen and oxygen atoms in total. The van der Waals surface area contributed by atoms with Crippen LogP contribution < -0.4 is 5.32 Å². The highest BCUT2D eigenvalue weighted by molar-refractivity contribution is 5.92. The Morgan fingerprint density at radius 1 is 1.28 bits per heavy atom. The molecule has 2 aromatic rings. The van der Waals surface area contributed by atoms with Crippen LogP contribution in [0.3, 0.4) is 0 Å². The number of nitrogens with one attached hydrogen (secondary N) is 1. The van der Waals surface area contributed by atoms with Crippen LogP contribution in [-0.4, -0.2) is 16.5 Å². The van der Waals surface area contributed by atoms with Crippen LogP contribution in [0.5, 0.6) is 0 Å². The van der Waals surface area contributed by atoms with Crippen molar-refractivity contribution < 1.29 is 0 Å². The zero-order chi connectivity index (χ0) is 13.2. The SMILES string of the molecule is CC(C)(C)CNc1ncnc2c(C#N)cccc12. The van der Waals surface area contributed by atoms with Crippen LogP contribution >= 0.6 is 0 Å². The maximum absolute atomic E-state index is 9.05. The first-order valence-corrected chi connectivity index (χ1v) is 5.89. The zero-order valence-corrected chi connectivity index (χ0v) is 10.9. The number of fused-ring (bicyclic) bond motifs is 1. The molecule has 92 valence electrons. The maximum atomic E-state index is 9.05. The molecule has 0 spiro atoms. The lowest BCUT2D eigenvalue weighted by atomic mass is 9.97. The normalized spacial score (nSPS) is 11.2. The summed E-state index contributed by atoms with van der Waals surface area (Å²) in [5.74, 6) is 0.784. The van der Waals surface area contributed by atoms with Gasteiger partial charge in [0.1, 0.15) is 18.2 Å². The quantitative estimate of drug-likeness (QED) is 0.876. The molecule has 1 N–H and O–H groups in total. The fourth-order valence-corrected chi connectivity index (χ4v) is 1.67. The standard InChI is InChI=1S/C14H16N4/c1-14(2,3)8-16-13-11-6-4-5-10(7-15)12(11)17-9-18-13/h4-6,9H,8H2,1-3H3,(H,16,17,18). The molecular weight excluding hydrogens is 224 g/mol. The number of benzene rings is 1. The van der Waals surface area contributed by atoms with Gasteiger partial charge in [-0.25, -0.2) is 9.97 Å². The van der Waals surface area contributed by atoms with Crippen LogP contribution in [0.1, 0.15) is 26.3 Å². The van der Waals surface area contributed by atoms with Gasteiger partial charge in [-0.05, 0) is 17.5 Å². The van der Waals surface area contributed by atoms with Crippen LogP contribution in [0, 0.1) is 16.7 Å². The lowest BCUT2D eigenvalue weighted by Crippen LogP contribution is -2.19. The van der Waals surface area contributed by atoms with Gasteiger partial charge in [0, 0.05) is 11.9 Å². The van der Waals surface area contributed by atoms with Crippen LogP contribution in [0.25, 0.3) is 10.9 Å². The number of nitrogens with zero attached hydrogens (tertiary/aromatic N) is 3. The van der Waals surface area contributed by atoms with Crippen LogP contribution in [0.15, 0.2) is 24.5 Å². The predicted molar refractivity (Wildman–Crippen MR) is 72.2 cm³/mol. The average Bonchev–Trinajstić information content (AvgIpc) is 2.34. The van der Waals surface area contributed by atoms with Gasteiger partial charge in [-0.2, -0.15) is 5.26 Å². The molecule has 18 heavy (non-hydrogen) atoms. The van der Waals surface area contributed by atoms with E-state index in [1.165, 1.54) is 6.33 Å². The second kappa shape index (κ2) is 4.61. The minimum Gasteiger partial charge on any atom is -0.369 e. The Morgan fingerprint density at radius 2 is 2.06 bits per heavy atom. The van der Waals surface area contributed by atoms with Gasteiger partial charge in [-0.1, -0.05) is 26.8 Å². The van der Waals surface area contributed by atoms with E-state index in [0.717, 1.165) is 17.7 Å². The Hall–Kier alpha value is -2.15. The first-order chi connectivity index (χ1) is 8.51. The fourth-order valence-electron chi connectivity index (χ4n) is 1.67. The largest absolute Gasteiger partial charge is 0.369 e. The van der Waals surface area contributed by atoms with Gasteiger partial charge in [0.25, 0.3) is 0 Å². The van der Waals surface area contributed by atoms with Gasteiger partial charge in [0.05, 0.1) is 11.1 Å². The minimum absolute atomic E-state index is 0.171. The molecule has 0 bridgehead atoms. The summed E-state index contributed by atoms with van der Waals surface area (Å²) < 4.78 is 0. The number of hydrogen-bond donors (Lipinski definition) is 1. The Labute approximate surface area is 107 Å². The van der Waals surface area contributed by atoms with Crippen molar-refractivity contribution in [3.05, 3.63) is 30.1 Å². The third-order valence-electron chi connectivity index (χ3n) is 2.57. The van der Waals surface area contributed by atoms with E-state index in [4.69, 9.17) is 5.26 Å². The van der Waals surface area contributed by atoms with E-state index < -0.39 is 0 Å². The summed E-state index contributed by atoms with van der Waals surface area (Å²) in [6.07, 6.45) is 1.49. The third kappa shape index (κ3) is 2.57.